The number of anilines is 1. The first-order chi connectivity index (χ1) is 13.5. The summed E-state index contributed by atoms with van der Waals surface area (Å²) >= 11 is 0. The number of aromatic nitrogens is 1. The third-order valence-electron chi connectivity index (χ3n) is 5.62. The minimum atomic E-state index is -1.02. The number of hydrogen-bond acceptors (Lipinski definition) is 5. The Labute approximate surface area is 162 Å². The minimum Gasteiger partial charge on any atom is -0.382 e. The number of nitrogens with one attached hydrogen (secondary N) is 1. The Bertz CT molecular complexity index is 856. The van der Waals surface area contributed by atoms with Gasteiger partial charge in [-0.3, -0.25) is 14.7 Å². The number of alkyl halides is 1. The number of hydrogen-bond donors (Lipinski definition) is 2. The summed E-state index contributed by atoms with van der Waals surface area (Å²) < 4.78 is 27.1. The van der Waals surface area contributed by atoms with Crippen LogP contribution in [-0.2, 0) is 4.79 Å². The highest BCUT2D eigenvalue weighted by atomic mass is 19.1. The van der Waals surface area contributed by atoms with Crippen LogP contribution in [0.3, 0.4) is 0 Å². The van der Waals surface area contributed by atoms with Gasteiger partial charge in [-0.05, 0) is 37.1 Å². The van der Waals surface area contributed by atoms with Gasteiger partial charge in [-0.25, -0.2) is 8.78 Å². The first-order valence-corrected chi connectivity index (χ1v) is 9.72. The van der Waals surface area contributed by atoms with Crippen molar-refractivity contribution in [2.75, 3.05) is 31.5 Å². The van der Waals surface area contributed by atoms with Crippen LogP contribution in [0.1, 0.15) is 19.3 Å². The van der Waals surface area contributed by atoms with Gasteiger partial charge in [0.25, 0.3) is 0 Å². The third kappa shape index (κ3) is 4.07. The van der Waals surface area contributed by atoms with Gasteiger partial charge in [0.15, 0.2) is 0 Å². The van der Waals surface area contributed by atoms with Crippen molar-refractivity contribution in [1.82, 2.24) is 14.8 Å². The second kappa shape index (κ2) is 7.97. The lowest BCUT2D eigenvalue weighted by molar-refractivity contribution is -0.133. The van der Waals surface area contributed by atoms with Crippen LogP contribution in [-0.4, -0.2) is 65.2 Å². The lowest BCUT2D eigenvalue weighted by atomic mass is 10.0. The third-order valence-corrected chi connectivity index (χ3v) is 5.62. The average Bonchev–Trinajstić information content (AvgIpc) is 3.02. The van der Waals surface area contributed by atoms with E-state index in [0.29, 0.717) is 0 Å². The SMILES string of the molecule is N[C@@H]1C[C@H](F)CN1C(=O)CN1CCC(Nc2ccnc3ccc(F)cc23)CC1. The number of fused-ring (bicyclic) bond motifs is 1. The number of carbonyl (C=O) groups is 1. The van der Waals surface area contributed by atoms with Crippen LogP contribution >= 0.6 is 0 Å². The minimum absolute atomic E-state index is 0.101. The largest absolute Gasteiger partial charge is 0.382 e. The number of nitrogens with two attached hydrogens (primary N) is 1. The maximum absolute atomic E-state index is 13.6. The molecule has 4 rings (SSSR count). The van der Waals surface area contributed by atoms with Gasteiger partial charge in [0.2, 0.25) is 5.91 Å². The van der Waals surface area contributed by atoms with Crippen LogP contribution in [0.15, 0.2) is 30.5 Å². The maximum Gasteiger partial charge on any atom is 0.238 e. The van der Waals surface area contributed by atoms with E-state index in [2.05, 4.69) is 15.2 Å². The van der Waals surface area contributed by atoms with Gasteiger partial charge in [-0.1, -0.05) is 0 Å². The molecule has 2 atom stereocenters. The van der Waals surface area contributed by atoms with Gasteiger partial charge in [-0.15, -0.1) is 0 Å². The molecule has 2 aliphatic heterocycles. The van der Waals surface area contributed by atoms with E-state index in [1.54, 1.807) is 12.3 Å². The van der Waals surface area contributed by atoms with Crippen LogP contribution in [0.5, 0.6) is 0 Å². The summed E-state index contributed by atoms with van der Waals surface area (Å²) in [4.78, 5) is 20.2. The molecule has 3 heterocycles. The van der Waals surface area contributed by atoms with Crippen molar-refractivity contribution in [2.24, 2.45) is 5.73 Å². The van der Waals surface area contributed by atoms with Crippen molar-refractivity contribution >= 4 is 22.5 Å². The molecule has 1 aromatic carbocycles. The van der Waals surface area contributed by atoms with E-state index >= 15 is 0 Å². The standard InChI is InChI=1S/C20H25F2N5O/c21-13-1-2-17-16(9-13)18(3-6-24-17)25-15-4-7-26(8-5-15)12-20(28)27-11-14(22)10-19(27)23/h1-3,6,9,14-15,19H,4-5,7-8,10-12,23H2,(H,24,25)/t14-,19-/m0/s1. The monoisotopic (exact) mass is 389 g/mol. The Morgan fingerprint density at radius 3 is 2.79 bits per heavy atom. The molecule has 0 bridgehead atoms. The molecule has 28 heavy (non-hydrogen) atoms. The zero-order valence-corrected chi connectivity index (χ0v) is 15.7. The lowest BCUT2D eigenvalue weighted by Crippen LogP contribution is -2.48. The molecule has 0 unspecified atom stereocenters. The highest BCUT2D eigenvalue weighted by molar-refractivity contribution is 5.91. The van der Waals surface area contributed by atoms with Crippen LogP contribution in [0.25, 0.3) is 10.9 Å². The van der Waals surface area contributed by atoms with E-state index in [4.69, 9.17) is 5.73 Å². The Morgan fingerprint density at radius 1 is 1.29 bits per heavy atom. The van der Waals surface area contributed by atoms with E-state index in [-0.39, 0.29) is 37.3 Å². The summed E-state index contributed by atoms with van der Waals surface area (Å²) in [5.41, 5.74) is 7.47. The Hall–Kier alpha value is -2.32. The summed E-state index contributed by atoms with van der Waals surface area (Å²) in [5, 5.41) is 4.26. The van der Waals surface area contributed by atoms with Gasteiger partial charge < -0.3 is 16.0 Å². The molecule has 6 nitrogen and oxygen atoms in total. The summed E-state index contributed by atoms with van der Waals surface area (Å²) in [5.74, 6) is -0.387. The molecule has 0 spiro atoms. The number of piperidine rings is 1. The van der Waals surface area contributed by atoms with Gasteiger partial charge in [0, 0.05) is 42.8 Å². The van der Waals surface area contributed by atoms with Crippen molar-refractivity contribution in [3.8, 4) is 0 Å². The number of nitrogens with zero attached hydrogens (tertiary/aromatic N) is 3. The summed E-state index contributed by atoms with van der Waals surface area (Å²) in [6.07, 6.45) is 2.14. The highest BCUT2D eigenvalue weighted by Gasteiger charge is 2.33. The zero-order valence-electron chi connectivity index (χ0n) is 15.7. The van der Waals surface area contributed by atoms with Gasteiger partial charge in [0.1, 0.15) is 12.0 Å². The predicted molar refractivity (Wildman–Crippen MR) is 104 cm³/mol. The fourth-order valence-electron chi connectivity index (χ4n) is 4.08. The van der Waals surface area contributed by atoms with Gasteiger partial charge in [0.05, 0.1) is 24.8 Å². The van der Waals surface area contributed by atoms with Crippen LogP contribution in [0.4, 0.5) is 14.5 Å². The first-order valence-electron chi connectivity index (χ1n) is 9.72. The van der Waals surface area contributed by atoms with E-state index in [9.17, 15) is 13.6 Å². The smallest absolute Gasteiger partial charge is 0.238 e. The van der Waals surface area contributed by atoms with Crippen molar-refractivity contribution < 1.29 is 13.6 Å². The number of benzene rings is 1. The second-order valence-corrected chi connectivity index (χ2v) is 7.66. The normalized spacial score (nSPS) is 24.0. The molecule has 2 fully saturated rings. The van der Waals surface area contributed by atoms with Crippen LogP contribution < -0.4 is 11.1 Å². The number of likely N-dealkylation sites (tertiary alicyclic amines) is 2. The van der Waals surface area contributed by atoms with Crippen LogP contribution in [0.2, 0.25) is 0 Å². The van der Waals surface area contributed by atoms with Gasteiger partial charge >= 0.3 is 0 Å². The Balaban J connectivity index is 1.32. The van der Waals surface area contributed by atoms with E-state index in [0.717, 1.165) is 42.5 Å². The topological polar surface area (TPSA) is 74.5 Å². The molecule has 0 saturated carbocycles. The van der Waals surface area contributed by atoms with Gasteiger partial charge in [-0.2, -0.15) is 0 Å². The Kier molecular flexibility index (Phi) is 5.41. The number of carbonyl (C=O) groups excluding carboxylic acids is 1. The van der Waals surface area contributed by atoms with Crippen molar-refractivity contribution in [2.45, 2.75) is 37.6 Å². The number of pyridine rings is 1. The number of halogens is 2. The predicted octanol–water partition coefficient (Wildman–Crippen LogP) is 2.11. The number of amides is 1. The molecule has 1 aromatic heterocycles. The Morgan fingerprint density at radius 2 is 2.07 bits per heavy atom. The molecule has 150 valence electrons. The molecule has 0 aliphatic carbocycles. The van der Waals surface area contributed by atoms with Crippen molar-refractivity contribution in [3.05, 3.63) is 36.3 Å². The van der Waals surface area contributed by atoms with Crippen molar-refractivity contribution in [1.29, 1.82) is 0 Å². The first kappa shape index (κ1) is 19.0. The zero-order chi connectivity index (χ0) is 19.7. The van der Waals surface area contributed by atoms with E-state index < -0.39 is 12.3 Å². The maximum atomic E-state index is 13.6. The fraction of sp³-hybridized carbons (Fsp3) is 0.500. The quantitative estimate of drug-likeness (QED) is 0.838. The molecular formula is C20H25F2N5O. The van der Waals surface area contributed by atoms with E-state index in [1.165, 1.54) is 17.0 Å². The number of rotatable bonds is 4. The highest BCUT2D eigenvalue weighted by Crippen LogP contribution is 2.25. The molecule has 2 saturated heterocycles. The molecule has 2 aliphatic rings. The molecular weight excluding hydrogens is 364 g/mol. The molecule has 1 amide bonds. The lowest BCUT2D eigenvalue weighted by Gasteiger charge is -2.34. The van der Waals surface area contributed by atoms with Crippen molar-refractivity contribution in [3.63, 3.8) is 0 Å². The molecule has 0 radical (unpaired) electrons. The average molecular weight is 389 g/mol. The summed E-state index contributed by atoms with van der Waals surface area (Å²) in [7, 11) is 0. The molecule has 3 N–H and O–H groups in total. The summed E-state index contributed by atoms with van der Waals surface area (Å²) in [6.45, 7) is 1.91. The second-order valence-electron chi connectivity index (χ2n) is 7.66. The molecule has 8 heteroatoms. The van der Waals surface area contributed by atoms with E-state index in [1.807, 2.05) is 6.07 Å². The summed E-state index contributed by atoms with van der Waals surface area (Å²) in [6, 6.07) is 6.68. The van der Waals surface area contributed by atoms with Crippen LogP contribution in [0, 0.1) is 5.82 Å². The fourth-order valence-corrected chi connectivity index (χ4v) is 4.08. The molecule has 2 aromatic rings.